The predicted molar refractivity (Wildman–Crippen MR) is 41.3 cm³/mol. The van der Waals surface area contributed by atoms with Crippen molar-refractivity contribution >= 4 is 0 Å². The molecule has 0 aromatic carbocycles. The maximum atomic E-state index is 3.45. The van der Waals surface area contributed by atoms with Crippen LogP contribution in [0.2, 0.25) is 0 Å². The zero-order chi connectivity index (χ0) is 7.28. The molecule has 0 aliphatic heterocycles. The normalized spacial score (nSPS) is 8.44. The van der Waals surface area contributed by atoms with E-state index in [1.54, 1.807) is 0 Å². The van der Waals surface area contributed by atoms with Crippen molar-refractivity contribution in [2.75, 3.05) is 0 Å². The summed E-state index contributed by atoms with van der Waals surface area (Å²) in [6.07, 6.45) is 1.10. The molecule has 0 unspecified atom stereocenters. The van der Waals surface area contributed by atoms with E-state index in [2.05, 4.69) is 38.8 Å². The Labute approximate surface area is 57.6 Å². The van der Waals surface area contributed by atoms with Crippen LogP contribution in [0.15, 0.2) is 23.6 Å². The first-order chi connectivity index (χ1) is 4.16. The zero-order valence-electron chi connectivity index (χ0n) is 6.49. The lowest BCUT2D eigenvalue weighted by molar-refractivity contribution is 0.643. The average molecular weight is 122 g/mol. The van der Waals surface area contributed by atoms with Gasteiger partial charge in [-0.05, 0) is 31.4 Å². The molecular formula is C9H14. The minimum Gasteiger partial charge on any atom is -0.0782 e. The van der Waals surface area contributed by atoms with Gasteiger partial charge >= 0.3 is 0 Å². The average Bonchev–Trinajstić information content (AvgIpc) is 1.63. The Kier molecular flexibility index (Phi) is 3.88. The van der Waals surface area contributed by atoms with Crippen molar-refractivity contribution in [3.05, 3.63) is 23.6 Å². The minimum absolute atomic E-state index is 0.714. The smallest absolute Gasteiger partial charge is 0.0217 e. The molecule has 0 aromatic rings. The molecule has 0 aromatic heterocycles. The summed E-state index contributed by atoms with van der Waals surface area (Å²) in [5.74, 6) is 0.714. The van der Waals surface area contributed by atoms with Gasteiger partial charge in [-0.3, -0.25) is 0 Å². The molecule has 0 N–H and O–H groups in total. The first-order valence-electron chi connectivity index (χ1n) is 3.27. The summed E-state index contributed by atoms with van der Waals surface area (Å²) in [6, 6.07) is 0. The number of allylic oxidation sites excluding steroid dienone is 1. The highest BCUT2D eigenvalue weighted by Gasteiger charge is 1.92. The highest BCUT2D eigenvalue weighted by atomic mass is 14.0. The summed E-state index contributed by atoms with van der Waals surface area (Å²) >= 11 is 0. The zero-order valence-corrected chi connectivity index (χ0v) is 6.49. The lowest BCUT2D eigenvalue weighted by Crippen LogP contribution is -1.85. The van der Waals surface area contributed by atoms with Crippen molar-refractivity contribution in [2.24, 2.45) is 5.92 Å². The standard InChI is InChI=1S/C9H14/c1-5-6-9(4)7-8(2)3/h8H,1,7H2,2-4H3. The van der Waals surface area contributed by atoms with E-state index in [1.807, 2.05) is 0 Å². The van der Waals surface area contributed by atoms with E-state index < -0.39 is 0 Å². The van der Waals surface area contributed by atoms with Gasteiger partial charge in [0.05, 0.1) is 0 Å². The Morgan fingerprint density at radius 3 is 2.44 bits per heavy atom. The van der Waals surface area contributed by atoms with Gasteiger partial charge in [0.25, 0.3) is 0 Å². The van der Waals surface area contributed by atoms with Crippen molar-refractivity contribution < 1.29 is 0 Å². The summed E-state index contributed by atoms with van der Waals surface area (Å²) in [6.45, 7) is 9.88. The van der Waals surface area contributed by atoms with E-state index in [1.165, 1.54) is 5.57 Å². The molecule has 0 amide bonds. The Hall–Kier alpha value is -0.700. The van der Waals surface area contributed by atoms with Gasteiger partial charge in [-0.15, -0.1) is 0 Å². The molecular weight excluding hydrogens is 108 g/mol. The van der Waals surface area contributed by atoms with Gasteiger partial charge in [-0.1, -0.05) is 25.3 Å². The van der Waals surface area contributed by atoms with Gasteiger partial charge < -0.3 is 0 Å². The maximum Gasteiger partial charge on any atom is -0.0217 e. The molecule has 0 radical (unpaired) electrons. The Balaban J connectivity index is 3.92. The molecule has 0 rings (SSSR count). The Morgan fingerprint density at radius 1 is 1.56 bits per heavy atom. The van der Waals surface area contributed by atoms with Crippen LogP contribution in [0.3, 0.4) is 0 Å². The summed E-state index contributed by atoms with van der Waals surface area (Å²) in [7, 11) is 0. The van der Waals surface area contributed by atoms with Crippen LogP contribution in [0.1, 0.15) is 27.2 Å². The van der Waals surface area contributed by atoms with Gasteiger partial charge in [0.2, 0.25) is 0 Å². The molecule has 0 bridgehead atoms. The van der Waals surface area contributed by atoms with Crippen LogP contribution >= 0.6 is 0 Å². The number of hydrogen-bond acceptors (Lipinski definition) is 0. The first kappa shape index (κ1) is 8.30. The summed E-state index contributed by atoms with van der Waals surface area (Å²) in [4.78, 5) is 0. The molecule has 0 nitrogen and oxygen atoms in total. The van der Waals surface area contributed by atoms with Crippen molar-refractivity contribution in [1.29, 1.82) is 0 Å². The Morgan fingerprint density at radius 2 is 2.11 bits per heavy atom. The summed E-state index contributed by atoms with van der Waals surface area (Å²) < 4.78 is 0. The third kappa shape index (κ3) is 5.17. The molecule has 0 aliphatic carbocycles. The van der Waals surface area contributed by atoms with E-state index in [0.29, 0.717) is 5.92 Å². The summed E-state index contributed by atoms with van der Waals surface area (Å²) in [5, 5.41) is 0. The maximum absolute atomic E-state index is 3.45. The second-order valence-corrected chi connectivity index (χ2v) is 2.68. The fourth-order valence-electron chi connectivity index (χ4n) is 0.814. The predicted octanol–water partition coefficient (Wildman–Crippen LogP) is 2.92. The molecule has 0 heterocycles. The molecule has 50 valence electrons. The molecule has 9 heavy (non-hydrogen) atoms. The van der Waals surface area contributed by atoms with Gasteiger partial charge in [-0.25, -0.2) is 0 Å². The molecule has 0 fully saturated rings. The van der Waals surface area contributed by atoms with E-state index in [0.717, 1.165) is 6.42 Å². The first-order valence-corrected chi connectivity index (χ1v) is 3.27. The van der Waals surface area contributed by atoms with E-state index in [9.17, 15) is 0 Å². The van der Waals surface area contributed by atoms with E-state index in [-0.39, 0.29) is 0 Å². The monoisotopic (exact) mass is 122 g/mol. The molecule has 0 heteroatoms. The minimum atomic E-state index is 0.714. The summed E-state index contributed by atoms with van der Waals surface area (Å²) in [5.41, 5.74) is 6.80. The Bertz CT molecular complexity index is 151. The molecule has 0 saturated heterocycles. The fourth-order valence-corrected chi connectivity index (χ4v) is 0.814. The molecule has 0 aliphatic rings. The van der Waals surface area contributed by atoms with Crippen LogP contribution in [0.5, 0.6) is 0 Å². The largest absolute Gasteiger partial charge is 0.0782 e. The van der Waals surface area contributed by atoms with Crippen LogP contribution in [0.4, 0.5) is 0 Å². The van der Waals surface area contributed by atoms with Gasteiger partial charge in [0, 0.05) is 0 Å². The number of hydrogen-bond donors (Lipinski definition) is 0. The van der Waals surface area contributed by atoms with Crippen molar-refractivity contribution in [1.82, 2.24) is 0 Å². The molecule has 0 atom stereocenters. The highest BCUT2D eigenvalue weighted by molar-refractivity contribution is 4.96. The van der Waals surface area contributed by atoms with Crippen molar-refractivity contribution in [3.63, 3.8) is 0 Å². The molecule has 0 saturated carbocycles. The highest BCUT2D eigenvalue weighted by Crippen LogP contribution is 2.06. The van der Waals surface area contributed by atoms with Crippen LogP contribution < -0.4 is 0 Å². The SMILES string of the molecule is C=C=C=C(C)CC(C)C. The third-order valence-electron chi connectivity index (χ3n) is 1.02. The third-order valence-corrected chi connectivity index (χ3v) is 1.02. The fraction of sp³-hybridized carbons (Fsp3) is 0.556. The lowest BCUT2D eigenvalue weighted by Gasteiger charge is -1.99. The van der Waals surface area contributed by atoms with Crippen LogP contribution in [0.25, 0.3) is 0 Å². The van der Waals surface area contributed by atoms with Crippen LogP contribution in [0, 0.1) is 5.92 Å². The van der Waals surface area contributed by atoms with Gasteiger partial charge in [0.15, 0.2) is 0 Å². The van der Waals surface area contributed by atoms with Crippen LogP contribution in [-0.2, 0) is 0 Å². The second kappa shape index (κ2) is 4.21. The topological polar surface area (TPSA) is 0 Å². The van der Waals surface area contributed by atoms with Gasteiger partial charge in [0.1, 0.15) is 0 Å². The van der Waals surface area contributed by atoms with Gasteiger partial charge in [-0.2, -0.15) is 0 Å². The van der Waals surface area contributed by atoms with E-state index >= 15 is 0 Å². The lowest BCUT2D eigenvalue weighted by atomic mass is 10.1. The second-order valence-electron chi connectivity index (χ2n) is 2.68. The van der Waals surface area contributed by atoms with Crippen molar-refractivity contribution in [3.8, 4) is 0 Å². The quantitative estimate of drug-likeness (QED) is 0.494. The van der Waals surface area contributed by atoms with E-state index in [4.69, 9.17) is 0 Å². The van der Waals surface area contributed by atoms with Crippen molar-refractivity contribution in [2.45, 2.75) is 27.2 Å². The number of rotatable bonds is 2. The molecule has 0 spiro atoms. The van der Waals surface area contributed by atoms with Crippen LogP contribution in [-0.4, -0.2) is 0 Å².